The molecule has 20 heavy (non-hydrogen) atoms. The zero-order valence-corrected chi connectivity index (χ0v) is 12.3. The van der Waals surface area contributed by atoms with Crippen molar-refractivity contribution in [3.05, 3.63) is 35.9 Å². The molecular formula is C17H23NO2. The molecule has 2 bridgehead atoms. The largest absolute Gasteiger partial charge is 0.469 e. The first-order valence-electron chi connectivity index (χ1n) is 7.57. The lowest BCUT2D eigenvalue weighted by atomic mass is 9.69. The molecule has 0 saturated carbocycles. The van der Waals surface area contributed by atoms with Crippen LogP contribution in [-0.2, 0) is 9.53 Å². The van der Waals surface area contributed by atoms with Crippen molar-refractivity contribution in [2.24, 2.45) is 5.92 Å². The molecule has 0 unspecified atom stereocenters. The molecule has 0 N–H and O–H groups in total. The van der Waals surface area contributed by atoms with Crippen molar-refractivity contribution >= 4 is 5.97 Å². The lowest BCUT2D eigenvalue weighted by Crippen LogP contribution is -2.56. The number of ether oxygens (including phenoxy) is 1. The standard InChI is InChI=1S/C17H23NO2/c1-18-13-9-6-10-15(18)16(17(19)20-2)14(11-13)12-7-4-3-5-8-12/h3-5,7-8,13-16H,6,9-11H2,1-2H3/t13-,14+,15+,16+/m0/s1. The Morgan fingerprint density at radius 2 is 2.00 bits per heavy atom. The highest BCUT2D eigenvalue weighted by atomic mass is 16.5. The van der Waals surface area contributed by atoms with Gasteiger partial charge in [0.1, 0.15) is 0 Å². The van der Waals surface area contributed by atoms with Crippen LogP contribution in [0.2, 0.25) is 0 Å². The topological polar surface area (TPSA) is 29.5 Å². The molecule has 2 saturated heterocycles. The Bertz CT molecular complexity index is 473. The van der Waals surface area contributed by atoms with Gasteiger partial charge in [0.2, 0.25) is 0 Å². The summed E-state index contributed by atoms with van der Waals surface area (Å²) < 4.78 is 5.12. The zero-order chi connectivity index (χ0) is 14.1. The second-order valence-electron chi connectivity index (χ2n) is 6.12. The minimum atomic E-state index is -0.0453. The fourth-order valence-electron chi connectivity index (χ4n) is 4.17. The zero-order valence-electron chi connectivity index (χ0n) is 12.3. The molecular weight excluding hydrogens is 250 g/mol. The summed E-state index contributed by atoms with van der Waals surface area (Å²) in [5.41, 5.74) is 1.29. The van der Waals surface area contributed by atoms with E-state index in [2.05, 4.69) is 36.2 Å². The molecule has 3 rings (SSSR count). The van der Waals surface area contributed by atoms with E-state index in [0.717, 1.165) is 12.8 Å². The number of fused-ring (bicyclic) bond motifs is 2. The summed E-state index contributed by atoms with van der Waals surface area (Å²) in [6, 6.07) is 11.4. The van der Waals surface area contributed by atoms with Crippen molar-refractivity contribution < 1.29 is 9.53 Å². The average Bonchev–Trinajstić information content (AvgIpc) is 2.47. The number of esters is 1. The van der Waals surface area contributed by atoms with Gasteiger partial charge in [-0.3, -0.25) is 9.69 Å². The molecule has 0 spiro atoms. The minimum Gasteiger partial charge on any atom is -0.469 e. The monoisotopic (exact) mass is 273 g/mol. The van der Waals surface area contributed by atoms with Crippen molar-refractivity contribution in [3.63, 3.8) is 0 Å². The molecule has 3 heteroatoms. The molecule has 1 aromatic rings. The molecule has 0 aliphatic carbocycles. The molecule has 2 heterocycles. The number of carbonyl (C=O) groups excluding carboxylic acids is 1. The smallest absolute Gasteiger partial charge is 0.310 e. The van der Waals surface area contributed by atoms with Gasteiger partial charge in [0.05, 0.1) is 13.0 Å². The fraction of sp³-hybridized carbons (Fsp3) is 0.588. The van der Waals surface area contributed by atoms with E-state index in [0.29, 0.717) is 18.0 Å². The Kier molecular flexibility index (Phi) is 3.79. The number of rotatable bonds is 2. The molecule has 2 aliphatic rings. The van der Waals surface area contributed by atoms with Gasteiger partial charge in [-0.15, -0.1) is 0 Å². The Morgan fingerprint density at radius 3 is 2.70 bits per heavy atom. The van der Waals surface area contributed by atoms with E-state index in [9.17, 15) is 4.79 Å². The van der Waals surface area contributed by atoms with E-state index in [-0.39, 0.29) is 11.9 Å². The summed E-state index contributed by atoms with van der Waals surface area (Å²) in [6.07, 6.45) is 4.66. The molecule has 0 amide bonds. The van der Waals surface area contributed by atoms with Crippen LogP contribution in [0.1, 0.15) is 37.2 Å². The minimum absolute atomic E-state index is 0.0241. The van der Waals surface area contributed by atoms with Crippen molar-refractivity contribution in [3.8, 4) is 0 Å². The summed E-state index contributed by atoms with van der Waals surface area (Å²) >= 11 is 0. The quantitative estimate of drug-likeness (QED) is 0.776. The highest BCUT2D eigenvalue weighted by Gasteiger charge is 2.47. The maximum atomic E-state index is 12.3. The van der Waals surface area contributed by atoms with E-state index in [4.69, 9.17) is 4.74 Å². The van der Waals surface area contributed by atoms with E-state index >= 15 is 0 Å². The molecule has 108 valence electrons. The van der Waals surface area contributed by atoms with Crippen LogP contribution in [0.4, 0.5) is 0 Å². The molecule has 3 nitrogen and oxygen atoms in total. The maximum Gasteiger partial charge on any atom is 0.310 e. The van der Waals surface area contributed by atoms with Crippen LogP contribution < -0.4 is 0 Å². The van der Waals surface area contributed by atoms with Gasteiger partial charge in [0.15, 0.2) is 0 Å². The lowest BCUT2D eigenvalue weighted by molar-refractivity contribution is -0.153. The Balaban J connectivity index is 1.96. The van der Waals surface area contributed by atoms with Gasteiger partial charge < -0.3 is 4.74 Å². The lowest BCUT2D eigenvalue weighted by Gasteiger charge is -2.50. The Labute approximate surface area is 120 Å². The number of piperidine rings is 2. The first kappa shape index (κ1) is 13.6. The van der Waals surface area contributed by atoms with Crippen molar-refractivity contribution in [1.82, 2.24) is 4.90 Å². The van der Waals surface area contributed by atoms with E-state index in [1.165, 1.54) is 25.5 Å². The molecule has 0 aromatic heterocycles. The van der Waals surface area contributed by atoms with Crippen LogP contribution >= 0.6 is 0 Å². The molecule has 4 atom stereocenters. The first-order chi connectivity index (χ1) is 9.72. The summed E-state index contributed by atoms with van der Waals surface area (Å²) in [4.78, 5) is 14.8. The van der Waals surface area contributed by atoms with E-state index < -0.39 is 0 Å². The Morgan fingerprint density at radius 1 is 1.25 bits per heavy atom. The number of methoxy groups -OCH3 is 1. The van der Waals surface area contributed by atoms with E-state index in [1.54, 1.807) is 0 Å². The van der Waals surface area contributed by atoms with Gasteiger partial charge in [-0.1, -0.05) is 36.8 Å². The highest BCUT2D eigenvalue weighted by Crippen LogP contribution is 2.45. The van der Waals surface area contributed by atoms with Gasteiger partial charge in [-0.2, -0.15) is 0 Å². The Hall–Kier alpha value is -1.35. The van der Waals surface area contributed by atoms with Crippen molar-refractivity contribution in [2.45, 2.75) is 43.7 Å². The third-order valence-electron chi connectivity index (χ3n) is 5.21. The summed E-state index contributed by atoms with van der Waals surface area (Å²) in [5.74, 6) is 0.232. The molecule has 2 fully saturated rings. The van der Waals surface area contributed by atoms with Crippen LogP contribution in [0.5, 0.6) is 0 Å². The fourth-order valence-corrected chi connectivity index (χ4v) is 4.17. The van der Waals surface area contributed by atoms with Crippen LogP contribution in [0.15, 0.2) is 30.3 Å². The van der Waals surface area contributed by atoms with Crippen molar-refractivity contribution in [1.29, 1.82) is 0 Å². The molecule has 2 aliphatic heterocycles. The number of carbonyl (C=O) groups is 1. The van der Waals surface area contributed by atoms with Gasteiger partial charge in [-0.05, 0) is 31.9 Å². The second kappa shape index (κ2) is 5.57. The maximum absolute atomic E-state index is 12.3. The SMILES string of the molecule is COC(=O)[C@@H]1[C@@H](c2ccccc2)C[C@@H]2CCC[C@H]1N2C. The first-order valence-corrected chi connectivity index (χ1v) is 7.57. The van der Waals surface area contributed by atoms with Gasteiger partial charge >= 0.3 is 5.97 Å². The number of benzene rings is 1. The van der Waals surface area contributed by atoms with Gasteiger partial charge in [0.25, 0.3) is 0 Å². The summed E-state index contributed by atoms with van der Waals surface area (Å²) in [5, 5.41) is 0. The van der Waals surface area contributed by atoms with Crippen molar-refractivity contribution in [2.75, 3.05) is 14.2 Å². The third kappa shape index (κ3) is 2.24. The molecule has 1 aromatic carbocycles. The van der Waals surface area contributed by atoms with Crippen LogP contribution in [0.25, 0.3) is 0 Å². The predicted octanol–water partition coefficient (Wildman–Crippen LogP) is 2.82. The highest BCUT2D eigenvalue weighted by molar-refractivity contribution is 5.75. The normalized spacial score (nSPS) is 33.7. The summed E-state index contributed by atoms with van der Waals surface area (Å²) in [7, 11) is 3.69. The molecule has 0 radical (unpaired) electrons. The van der Waals surface area contributed by atoms with Gasteiger partial charge in [-0.25, -0.2) is 0 Å². The number of hydrogen-bond donors (Lipinski definition) is 0. The van der Waals surface area contributed by atoms with Gasteiger partial charge in [0, 0.05) is 18.0 Å². The summed E-state index contributed by atoms with van der Waals surface area (Å²) in [6.45, 7) is 0. The number of hydrogen-bond acceptors (Lipinski definition) is 3. The second-order valence-corrected chi connectivity index (χ2v) is 6.12. The van der Waals surface area contributed by atoms with Crippen LogP contribution in [0.3, 0.4) is 0 Å². The van der Waals surface area contributed by atoms with Crippen LogP contribution in [-0.4, -0.2) is 37.1 Å². The van der Waals surface area contributed by atoms with Crippen LogP contribution in [0, 0.1) is 5.92 Å². The third-order valence-corrected chi connectivity index (χ3v) is 5.21. The predicted molar refractivity (Wildman–Crippen MR) is 78.5 cm³/mol. The number of nitrogens with zero attached hydrogens (tertiary/aromatic N) is 1. The van der Waals surface area contributed by atoms with E-state index in [1.807, 2.05) is 6.07 Å². The average molecular weight is 273 g/mol.